The van der Waals surface area contributed by atoms with E-state index in [1.54, 1.807) is 0 Å². The number of aromatic nitrogens is 1. The highest BCUT2D eigenvalue weighted by molar-refractivity contribution is 7.18. The van der Waals surface area contributed by atoms with Crippen molar-refractivity contribution in [3.8, 4) is 6.07 Å². The number of benzene rings is 1. The quantitative estimate of drug-likeness (QED) is 0.573. The summed E-state index contributed by atoms with van der Waals surface area (Å²) in [5, 5.41) is 11.2. The minimum atomic E-state index is -1.27. The lowest BCUT2D eigenvalue weighted by Gasteiger charge is -2.42. The number of hydrogen-bond donors (Lipinski definition) is 0. The molecule has 6 nitrogen and oxygen atoms in total. The molecule has 4 atom stereocenters. The predicted octanol–water partition coefficient (Wildman–Crippen LogP) is 5.42. The number of piperidine rings is 2. The van der Waals surface area contributed by atoms with Crippen molar-refractivity contribution < 1.29 is 9.59 Å². The number of thiazole rings is 1. The van der Waals surface area contributed by atoms with E-state index in [4.69, 9.17) is 4.98 Å². The van der Waals surface area contributed by atoms with Gasteiger partial charge in [-0.2, -0.15) is 5.26 Å². The molecule has 0 aliphatic carbocycles. The monoisotopic (exact) mass is 480 g/mol. The molecule has 34 heavy (non-hydrogen) atoms. The molecule has 2 amide bonds. The van der Waals surface area contributed by atoms with Crippen molar-refractivity contribution in [3.05, 3.63) is 29.3 Å². The zero-order valence-corrected chi connectivity index (χ0v) is 21.6. The largest absolute Gasteiger partial charge is 0.337 e. The predicted molar refractivity (Wildman–Crippen MR) is 135 cm³/mol. The van der Waals surface area contributed by atoms with Gasteiger partial charge < -0.3 is 9.80 Å². The molecule has 2 aliphatic rings. The van der Waals surface area contributed by atoms with Crippen LogP contribution in [0.5, 0.6) is 0 Å². The van der Waals surface area contributed by atoms with Crippen LogP contribution in [0, 0.1) is 11.3 Å². The Morgan fingerprint density at radius 1 is 0.941 bits per heavy atom. The van der Waals surface area contributed by atoms with E-state index in [1.807, 2.05) is 34.1 Å². The van der Waals surface area contributed by atoms with Gasteiger partial charge in [0.2, 0.25) is 11.8 Å². The molecule has 1 aromatic carbocycles. The number of likely N-dealkylation sites (tertiary alicyclic amines) is 2. The summed E-state index contributed by atoms with van der Waals surface area (Å²) in [7, 11) is 0. The second-order valence-electron chi connectivity index (χ2n) is 10.4. The fourth-order valence-electron chi connectivity index (χ4n) is 5.94. The van der Waals surface area contributed by atoms with E-state index in [0.29, 0.717) is 5.01 Å². The van der Waals surface area contributed by atoms with Crippen molar-refractivity contribution in [2.75, 3.05) is 0 Å². The summed E-state index contributed by atoms with van der Waals surface area (Å²) in [5.41, 5.74) is -0.465. The molecule has 0 N–H and O–H groups in total. The summed E-state index contributed by atoms with van der Waals surface area (Å²) in [6.45, 7) is 8.34. The van der Waals surface area contributed by atoms with Gasteiger partial charge in [-0.1, -0.05) is 12.1 Å². The van der Waals surface area contributed by atoms with Crippen LogP contribution in [-0.4, -0.2) is 50.8 Å². The Labute approximate surface area is 206 Å². The van der Waals surface area contributed by atoms with Crippen LogP contribution in [0.1, 0.15) is 84.1 Å². The molecule has 2 aliphatic heterocycles. The second-order valence-corrected chi connectivity index (χ2v) is 11.4. The molecule has 0 radical (unpaired) electrons. The van der Waals surface area contributed by atoms with Gasteiger partial charge in [-0.05, 0) is 78.4 Å². The normalized spacial score (nSPS) is 25.9. The summed E-state index contributed by atoms with van der Waals surface area (Å²) in [6.07, 6.45) is 6.07. The fraction of sp³-hybridized carbons (Fsp3) is 0.630. The van der Waals surface area contributed by atoms with Crippen molar-refractivity contribution in [2.45, 2.75) is 109 Å². The summed E-state index contributed by atoms with van der Waals surface area (Å²) in [6, 6.07) is 10.8. The first kappa shape index (κ1) is 24.7. The number of nitriles is 1. The van der Waals surface area contributed by atoms with E-state index in [1.165, 1.54) is 11.3 Å². The molecule has 182 valence electrons. The third kappa shape index (κ3) is 4.70. The number of amides is 2. The topological polar surface area (TPSA) is 77.3 Å². The van der Waals surface area contributed by atoms with Crippen molar-refractivity contribution in [2.24, 2.45) is 0 Å². The number of carbonyl (C=O) groups excluding carboxylic acids is 2. The highest BCUT2D eigenvalue weighted by Crippen LogP contribution is 2.39. The molecule has 1 aromatic heterocycles. The first-order chi connectivity index (χ1) is 16.3. The summed E-state index contributed by atoms with van der Waals surface area (Å²) in [4.78, 5) is 36.1. The van der Waals surface area contributed by atoms with Gasteiger partial charge in [-0.25, -0.2) is 4.98 Å². The number of fused-ring (bicyclic) bond motifs is 1. The van der Waals surface area contributed by atoms with Crippen LogP contribution >= 0.6 is 11.3 Å². The first-order valence-electron chi connectivity index (χ1n) is 12.7. The maximum absolute atomic E-state index is 13.7. The Hall–Kier alpha value is -2.46. The lowest BCUT2D eigenvalue weighted by Crippen LogP contribution is -2.51. The minimum absolute atomic E-state index is 0.0135. The SMILES string of the molecule is C[C@@H]1CCC[C@H](C)N1C(=O)CC(C#N)(CC(=O)N1[C@H](C)CCC[C@@H]1C)c1nc2ccccc2s1. The van der Waals surface area contributed by atoms with E-state index in [-0.39, 0.29) is 48.8 Å². The maximum Gasteiger partial charge on any atom is 0.225 e. The zero-order valence-electron chi connectivity index (χ0n) is 20.8. The van der Waals surface area contributed by atoms with Gasteiger partial charge >= 0.3 is 0 Å². The Morgan fingerprint density at radius 2 is 1.41 bits per heavy atom. The molecule has 0 saturated carbocycles. The lowest BCUT2D eigenvalue weighted by atomic mass is 9.80. The molecule has 2 fully saturated rings. The van der Waals surface area contributed by atoms with Crippen LogP contribution in [0.3, 0.4) is 0 Å². The number of hydrogen-bond acceptors (Lipinski definition) is 5. The van der Waals surface area contributed by atoms with Gasteiger partial charge in [0, 0.05) is 24.2 Å². The lowest BCUT2D eigenvalue weighted by molar-refractivity contribution is -0.140. The van der Waals surface area contributed by atoms with Crippen LogP contribution in [0.25, 0.3) is 10.2 Å². The van der Waals surface area contributed by atoms with Crippen molar-refractivity contribution in [1.82, 2.24) is 14.8 Å². The van der Waals surface area contributed by atoms with Gasteiger partial charge in [0.15, 0.2) is 0 Å². The van der Waals surface area contributed by atoms with Gasteiger partial charge in [0.1, 0.15) is 10.4 Å². The molecule has 4 rings (SSSR count). The molecule has 0 spiro atoms. The molecule has 0 bridgehead atoms. The third-order valence-electron chi connectivity index (χ3n) is 7.79. The van der Waals surface area contributed by atoms with Gasteiger partial charge in [0.05, 0.1) is 29.1 Å². The standard InChI is InChI=1S/C27H36N4O2S/c1-18-9-7-10-19(2)30(18)24(32)15-27(17-28,26-29-22-13-5-6-14-23(22)34-26)16-25(33)31-20(3)11-8-12-21(31)4/h5-6,13-14,18-21H,7-12,15-16H2,1-4H3/t18-,19+,20-,21+. The van der Waals surface area contributed by atoms with Gasteiger partial charge in [-0.3, -0.25) is 9.59 Å². The Morgan fingerprint density at radius 3 is 1.85 bits per heavy atom. The van der Waals surface area contributed by atoms with E-state index in [9.17, 15) is 14.9 Å². The summed E-state index contributed by atoms with van der Waals surface area (Å²) >= 11 is 1.43. The third-order valence-corrected chi connectivity index (χ3v) is 9.03. The number of nitrogens with zero attached hydrogens (tertiary/aromatic N) is 4. The van der Waals surface area contributed by atoms with Crippen molar-refractivity contribution >= 4 is 33.4 Å². The summed E-state index contributed by atoms with van der Waals surface area (Å²) < 4.78 is 0.969. The van der Waals surface area contributed by atoms with Crippen molar-refractivity contribution in [3.63, 3.8) is 0 Å². The van der Waals surface area contributed by atoms with Crippen LogP contribution in [-0.2, 0) is 15.0 Å². The molecule has 2 aromatic rings. The average molecular weight is 481 g/mol. The highest BCUT2D eigenvalue weighted by atomic mass is 32.1. The summed E-state index contributed by atoms with van der Waals surface area (Å²) in [5.74, 6) is -0.0962. The van der Waals surface area contributed by atoms with E-state index >= 15 is 0 Å². The Bertz CT molecular complexity index is 997. The average Bonchev–Trinajstić information content (AvgIpc) is 3.23. The second kappa shape index (κ2) is 10.0. The van der Waals surface area contributed by atoms with Crippen LogP contribution in [0.4, 0.5) is 0 Å². The molecular weight excluding hydrogens is 444 g/mol. The van der Waals surface area contributed by atoms with Gasteiger partial charge in [0.25, 0.3) is 0 Å². The Balaban J connectivity index is 1.71. The van der Waals surface area contributed by atoms with E-state index in [0.717, 1.165) is 48.7 Å². The zero-order chi connectivity index (χ0) is 24.5. The molecule has 3 heterocycles. The van der Waals surface area contributed by atoms with E-state index < -0.39 is 5.41 Å². The van der Waals surface area contributed by atoms with Crippen molar-refractivity contribution in [1.29, 1.82) is 5.26 Å². The number of rotatable bonds is 5. The fourth-order valence-corrected chi connectivity index (χ4v) is 7.04. The molecule has 2 saturated heterocycles. The minimum Gasteiger partial charge on any atom is -0.337 e. The molecular formula is C27H36N4O2S. The van der Waals surface area contributed by atoms with E-state index in [2.05, 4.69) is 33.8 Å². The number of carbonyl (C=O) groups is 2. The maximum atomic E-state index is 13.7. The Kier molecular flexibility index (Phi) is 7.28. The van der Waals surface area contributed by atoms with Crippen LogP contribution in [0.15, 0.2) is 24.3 Å². The first-order valence-corrected chi connectivity index (χ1v) is 13.5. The van der Waals surface area contributed by atoms with Crippen LogP contribution in [0.2, 0.25) is 0 Å². The van der Waals surface area contributed by atoms with Crippen LogP contribution < -0.4 is 0 Å². The van der Waals surface area contributed by atoms with Gasteiger partial charge in [-0.15, -0.1) is 11.3 Å². The highest BCUT2D eigenvalue weighted by Gasteiger charge is 2.45. The number of para-hydroxylation sites is 1. The smallest absolute Gasteiger partial charge is 0.225 e. The molecule has 0 unspecified atom stereocenters. The molecule has 7 heteroatoms.